The smallest absolute Gasteiger partial charge is 0.383 e. The molecule has 3 rings (SSSR count). The van der Waals surface area contributed by atoms with Gasteiger partial charge in [-0.3, -0.25) is 10.1 Å². The first-order valence-electron chi connectivity index (χ1n) is 13.1. The number of alkyl halides is 3. The van der Waals surface area contributed by atoms with Crippen molar-refractivity contribution in [1.82, 2.24) is 10.6 Å². The Morgan fingerprint density at radius 3 is 2.24 bits per heavy atom. The lowest BCUT2D eigenvalue weighted by atomic mass is 9.99. The van der Waals surface area contributed by atoms with E-state index in [1.54, 1.807) is 0 Å². The van der Waals surface area contributed by atoms with E-state index < -0.39 is 24.2 Å². The van der Waals surface area contributed by atoms with Crippen LogP contribution in [0.3, 0.4) is 0 Å². The lowest BCUT2D eigenvalue weighted by molar-refractivity contribution is -0.161. The molecule has 0 radical (unpaired) electrons. The van der Waals surface area contributed by atoms with Crippen molar-refractivity contribution in [3.8, 4) is 0 Å². The van der Waals surface area contributed by atoms with Gasteiger partial charge in [-0.1, -0.05) is 44.5 Å². The van der Waals surface area contributed by atoms with Gasteiger partial charge in [0.25, 0.3) is 0 Å². The molecule has 3 atom stereocenters. The Balaban J connectivity index is 1.63. The third kappa shape index (κ3) is 9.06. The summed E-state index contributed by atoms with van der Waals surface area (Å²) in [6, 6.07) is 10.3. The number of hydrogen-bond acceptors (Lipinski definition) is 5. The summed E-state index contributed by atoms with van der Waals surface area (Å²) in [5.41, 5.74) is 2.05. The zero-order valence-electron chi connectivity index (χ0n) is 22.2. The minimum atomic E-state index is -4.58. The maximum Gasteiger partial charge on any atom is 0.407 e. The number of carbonyl (C=O) groups is 1. The largest absolute Gasteiger partial charge is 0.407 e. The van der Waals surface area contributed by atoms with Crippen LogP contribution in [0.15, 0.2) is 48.5 Å². The number of ether oxygens (including phenoxy) is 1. The molecular formula is C28H38ClF3N4O2. The van der Waals surface area contributed by atoms with Crippen molar-refractivity contribution < 1.29 is 22.7 Å². The van der Waals surface area contributed by atoms with E-state index >= 15 is 0 Å². The molecular weight excluding hydrogens is 517 g/mol. The van der Waals surface area contributed by atoms with E-state index in [1.807, 2.05) is 45.0 Å². The molecule has 38 heavy (non-hydrogen) atoms. The highest BCUT2D eigenvalue weighted by atomic mass is 35.5. The number of carbonyl (C=O) groups excluding carboxylic acids is 1. The van der Waals surface area contributed by atoms with Gasteiger partial charge in [-0.15, -0.1) is 0 Å². The molecule has 0 aromatic heterocycles. The second-order valence-electron chi connectivity index (χ2n) is 10.0. The van der Waals surface area contributed by atoms with Gasteiger partial charge in [0.15, 0.2) is 0 Å². The zero-order valence-corrected chi connectivity index (χ0v) is 22.9. The molecule has 2 aromatic carbocycles. The topological polar surface area (TPSA) is 65.6 Å². The number of benzene rings is 2. The highest BCUT2D eigenvalue weighted by molar-refractivity contribution is 6.30. The normalized spacial score (nSPS) is 16.7. The van der Waals surface area contributed by atoms with Gasteiger partial charge in [-0.2, -0.15) is 13.2 Å². The van der Waals surface area contributed by atoms with Crippen molar-refractivity contribution in [3.05, 3.63) is 59.1 Å². The average Bonchev–Trinajstić information content (AvgIpc) is 2.89. The van der Waals surface area contributed by atoms with Crippen molar-refractivity contribution in [2.24, 2.45) is 5.92 Å². The Labute approximate surface area is 228 Å². The molecule has 1 aliphatic rings. The molecule has 0 unspecified atom stereocenters. The van der Waals surface area contributed by atoms with Crippen LogP contribution in [0.5, 0.6) is 0 Å². The van der Waals surface area contributed by atoms with Crippen LogP contribution in [-0.4, -0.2) is 57.0 Å². The van der Waals surface area contributed by atoms with Crippen molar-refractivity contribution in [2.45, 2.75) is 57.9 Å². The fourth-order valence-corrected chi connectivity index (χ4v) is 4.54. The maximum absolute atomic E-state index is 14.0. The number of hydrogen-bond donors (Lipinski definition) is 3. The van der Waals surface area contributed by atoms with Crippen molar-refractivity contribution in [3.63, 3.8) is 0 Å². The quantitative estimate of drug-likeness (QED) is 0.310. The number of halogens is 4. The van der Waals surface area contributed by atoms with Crippen molar-refractivity contribution in [2.75, 3.05) is 43.1 Å². The molecule has 1 saturated heterocycles. The number of amides is 1. The predicted octanol–water partition coefficient (Wildman–Crippen LogP) is 5.79. The Hall–Kier alpha value is -2.49. The van der Waals surface area contributed by atoms with Crippen LogP contribution in [0.2, 0.25) is 5.02 Å². The first kappa shape index (κ1) is 30.1. The fraction of sp³-hybridized carbons (Fsp3) is 0.536. The van der Waals surface area contributed by atoms with Gasteiger partial charge in [0, 0.05) is 42.1 Å². The molecule has 3 N–H and O–H groups in total. The summed E-state index contributed by atoms with van der Waals surface area (Å²) in [6.45, 7) is 9.30. The Kier molecular flexibility index (Phi) is 11.1. The molecule has 0 spiro atoms. The third-order valence-electron chi connectivity index (χ3n) is 6.56. The molecule has 0 saturated carbocycles. The number of morpholine rings is 1. The van der Waals surface area contributed by atoms with E-state index in [-0.39, 0.29) is 23.9 Å². The summed E-state index contributed by atoms with van der Waals surface area (Å²) >= 11 is 5.87. The first-order valence-corrected chi connectivity index (χ1v) is 13.5. The van der Waals surface area contributed by atoms with Crippen LogP contribution in [0.1, 0.15) is 45.2 Å². The summed E-state index contributed by atoms with van der Waals surface area (Å²) < 4.78 is 47.4. The summed E-state index contributed by atoms with van der Waals surface area (Å²) in [4.78, 5) is 15.5. The van der Waals surface area contributed by atoms with Crippen LogP contribution in [0.25, 0.3) is 0 Å². The molecule has 10 heteroatoms. The lowest BCUT2D eigenvalue weighted by Crippen LogP contribution is -2.52. The zero-order chi connectivity index (χ0) is 27.7. The first-order chi connectivity index (χ1) is 18.1. The van der Waals surface area contributed by atoms with Crippen LogP contribution >= 0.6 is 11.6 Å². The minimum Gasteiger partial charge on any atom is -0.383 e. The van der Waals surface area contributed by atoms with Crippen LogP contribution in [0, 0.1) is 5.92 Å². The number of nitrogens with one attached hydrogen (secondary N) is 3. The van der Waals surface area contributed by atoms with Gasteiger partial charge in [0.2, 0.25) is 5.91 Å². The second-order valence-corrected chi connectivity index (χ2v) is 10.5. The van der Waals surface area contributed by atoms with E-state index in [9.17, 15) is 18.0 Å². The molecule has 1 aliphatic heterocycles. The summed E-state index contributed by atoms with van der Waals surface area (Å²) in [5, 5.41) is 9.22. The standard InChI is InChI=1S/C28H38ClF3N4O2/c1-4-22(18-33-23-9-11-24(12-10-23)36-13-15-38-16-14-36)34-27(37)25(17-19(2)3)35-26(28(30,31)32)20-5-7-21(29)8-6-20/h5-12,19,22,25-26,33,35H,4,13-18H2,1-3H3,(H,34,37)/t22-,25-,26-/m0/s1. The van der Waals surface area contributed by atoms with Gasteiger partial charge in [-0.25, -0.2) is 0 Å². The van der Waals surface area contributed by atoms with Gasteiger partial charge >= 0.3 is 6.18 Å². The lowest BCUT2D eigenvalue weighted by Gasteiger charge is -2.30. The van der Waals surface area contributed by atoms with Crippen LogP contribution in [-0.2, 0) is 9.53 Å². The fourth-order valence-electron chi connectivity index (χ4n) is 4.41. The predicted molar refractivity (Wildman–Crippen MR) is 147 cm³/mol. The average molecular weight is 555 g/mol. The number of anilines is 2. The molecule has 0 aliphatic carbocycles. The molecule has 210 valence electrons. The second kappa shape index (κ2) is 14.1. The summed E-state index contributed by atoms with van der Waals surface area (Å²) in [6.07, 6.45) is -3.69. The molecule has 2 aromatic rings. The van der Waals surface area contributed by atoms with Gasteiger partial charge in [-0.05, 0) is 60.7 Å². The van der Waals surface area contributed by atoms with E-state index in [1.165, 1.54) is 24.3 Å². The molecule has 6 nitrogen and oxygen atoms in total. The molecule has 1 heterocycles. The number of rotatable bonds is 12. The van der Waals surface area contributed by atoms with Crippen LogP contribution in [0.4, 0.5) is 24.5 Å². The van der Waals surface area contributed by atoms with Gasteiger partial charge in [0.1, 0.15) is 6.04 Å². The minimum absolute atomic E-state index is 0.0118. The van der Waals surface area contributed by atoms with E-state index in [4.69, 9.17) is 16.3 Å². The monoisotopic (exact) mass is 554 g/mol. The Morgan fingerprint density at radius 2 is 1.68 bits per heavy atom. The Morgan fingerprint density at radius 1 is 1.05 bits per heavy atom. The highest BCUT2D eigenvalue weighted by Gasteiger charge is 2.43. The van der Waals surface area contributed by atoms with Gasteiger partial charge < -0.3 is 20.3 Å². The third-order valence-corrected chi connectivity index (χ3v) is 6.81. The number of nitrogens with zero attached hydrogens (tertiary/aromatic N) is 1. The van der Waals surface area contributed by atoms with Crippen molar-refractivity contribution in [1.29, 1.82) is 0 Å². The highest BCUT2D eigenvalue weighted by Crippen LogP contribution is 2.34. The van der Waals surface area contributed by atoms with E-state index in [2.05, 4.69) is 20.9 Å². The summed E-state index contributed by atoms with van der Waals surface area (Å²) in [5.74, 6) is -0.432. The molecule has 1 amide bonds. The molecule has 0 bridgehead atoms. The van der Waals surface area contributed by atoms with Gasteiger partial charge in [0.05, 0.1) is 19.3 Å². The summed E-state index contributed by atoms with van der Waals surface area (Å²) in [7, 11) is 0. The Bertz CT molecular complexity index is 997. The molecule has 1 fully saturated rings. The van der Waals surface area contributed by atoms with Crippen molar-refractivity contribution >= 4 is 28.9 Å². The van der Waals surface area contributed by atoms with E-state index in [0.717, 1.165) is 24.5 Å². The van der Waals surface area contributed by atoms with Crippen LogP contribution < -0.4 is 20.9 Å². The SMILES string of the molecule is CC[C@@H](CNc1ccc(N2CCOCC2)cc1)NC(=O)[C@H](CC(C)C)N[C@@H](c1ccc(Cl)cc1)C(F)(F)F. The maximum atomic E-state index is 14.0. The van der Waals surface area contributed by atoms with E-state index in [0.29, 0.717) is 31.2 Å².